The fourth-order valence-corrected chi connectivity index (χ4v) is 4.44. The number of amides is 1. The van der Waals surface area contributed by atoms with E-state index in [1.54, 1.807) is 12.5 Å². The summed E-state index contributed by atoms with van der Waals surface area (Å²) in [7, 11) is 1.92. The number of rotatable bonds is 4. The number of hydrogen-bond acceptors (Lipinski definition) is 7. The summed E-state index contributed by atoms with van der Waals surface area (Å²) in [6, 6.07) is 0. The van der Waals surface area contributed by atoms with Gasteiger partial charge in [0.05, 0.1) is 18.6 Å². The van der Waals surface area contributed by atoms with E-state index in [0.29, 0.717) is 37.8 Å². The van der Waals surface area contributed by atoms with Crippen molar-refractivity contribution in [2.45, 2.75) is 32.3 Å². The third kappa shape index (κ3) is 3.68. The lowest BCUT2D eigenvalue weighted by Crippen LogP contribution is -2.55. The van der Waals surface area contributed by atoms with Gasteiger partial charge in [-0.15, -0.1) is 0 Å². The molecule has 4 rings (SSSR count). The third-order valence-electron chi connectivity index (χ3n) is 5.99. The van der Waals surface area contributed by atoms with E-state index in [9.17, 15) is 9.90 Å². The van der Waals surface area contributed by atoms with E-state index < -0.39 is 6.10 Å². The van der Waals surface area contributed by atoms with Crippen LogP contribution in [-0.2, 0) is 16.6 Å². The fourth-order valence-electron chi connectivity index (χ4n) is 4.44. The van der Waals surface area contributed by atoms with Crippen molar-refractivity contribution < 1.29 is 14.6 Å². The van der Waals surface area contributed by atoms with E-state index in [0.717, 1.165) is 31.3 Å². The predicted octanol–water partition coefficient (Wildman–Crippen LogP) is 0.580. The Balaban J connectivity index is 1.46. The maximum absolute atomic E-state index is 12.2. The summed E-state index contributed by atoms with van der Waals surface area (Å²) in [5.74, 6) is 0.660. The van der Waals surface area contributed by atoms with Crippen LogP contribution in [0.5, 0.6) is 0 Å². The summed E-state index contributed by atoms with van der Waals surface area (Å²) in [4.78, 5) is 29.6. The molecule has 2 fully saturated rings. The van der Waals surface area contributed by atoms with Crippen molar-refractivity contribution in [3.05, 3.63) is 12.5 Å². The molecular weight excluding hydrogens is 360 g/mol. The maximum atomic E-state index is 12.2. The van der Waals surface area contributed by atoms with Gasteiger partial charge in [-0.3, -0.25) is 4.79 Å². The number of fused-ring (bicyclic) bond motifs is 1. The van der Waals surface area contributed by atoms with Crippen molar-refractivity contribution in [2.75, 3.05) is 44.3 Å². The van der Waals surface area contributed by atoms with Crippen LogP contribution in [-0.4, -0.2) is 80.9 Å². The highest BCUT2D eigenvalue weighted by Gasteiger charge is 2.43. The normalized spacial score (nSPS) is 22.2. The summed E-state index contributed by atoms with van der Waals surface area (Å²) in [6.07, 6.45) is 5.57. The van der Waals surface area contributed by atoms with Crippen LogP contribution in [0.3, 0.4) is 0 Å². The Morgan fingerprint density at radius 1 is 1.36 bits per heavy atom. The number of anilines is 1. The van der Waals surface area contributed by atoms with Crippen LogP contribution in [0.4, 0.5) is 5.95 Å². The zero-order valence-corrected chi connectivity index (χ0v) is 16.5. The van der Waals surface area contributed by atoms with Crippen LogP contribution >= 0.6 is 0 Å². The van der Waals surface area contributed by atoms with Gasteiger partial charge < -0.3 is 24.2 Å². The standard InChI is InChI=1S/C19H28N6O3/c1-3-28-11-16(27)24-6-4-19(5-7-24)8-14(26)10-25(12-19)18-20-9-15-17(22-18)21-13-23(15)2/h9,13-14,26H,3-8,10-12H2,1-2H3. The number of hydrogen-bond donors (Lipinski definition) is 1. The number of piperidine rings is 2. The van der Waals surface area contributed by atoms with Crippen LogP contribution < -0.4 is 4.90 Å². The zero-order chi connectivity index (χ0) is 19.7. The average molecular weight is 388 g/mol. The minimum Gasteiger partial charge on any atom is -0.391 e. The molecule has 152 valence electrons. The number of aliphatic hydroxyl groups is 1. The first kappa shape index (κ1) is 19.1. The molecule has 0 aliphatic carbocycles. The quantitative estimate of drug-likeness (QED) is 0.818. The highest BCUT2D eigenvalue weighted by molar-refractivity contribution is 5.77. The van der Waals surface area contributed by atoms with Crippen LogP contribution in [0.15, 0.2) is 12.5 Å². The maximum Gasteiger partial charge on any atom is 0.248 e. The van der Waals surface area contributed by atoms with Crippen molar-refractivity contribution in [2.24, 2.45) is 12.5 Å². The summed E-state index contributed by atoms with van der Waals surface area (Å²) < 4.78 is 7.14. The number of nitrogens with zero attached hydrogens (tertiary/aromatic N) is 6. The number of carbonyl (C=O) groups is 1. The van der Waals surface area contributed by atoms with E-state index in [1.807, 2.05) is 23.4 Å². The van der Waals surface area contributed by atoms with Gasteiger partial charge in [0, 0.05) is 39.8 Å². The van der Waals surface area contributed by atoms with Gasteiger partial charge in [-0.25, -0.2) is 9.97 Å². The van der Waals surface area contributed by atoms with Crippen molar-refractivity contribution in [1.82, 2.24) is 24.4 Å². The predicted molar refractivity (Wildman–Crippen MR) is 104 cm³/mol. The Morgan fingerprint density at radius 2 is 2.14 bits per heavy atom. The first-order chi connectivity index (χ1) is 13.5. The van der Waals surface area contributed by atoms with Crippen molar-refractivity contribution in [1.29, 1.82) is 0 Å². The van der Waals surface area contributed by atoms with E-state index in [1.165, 1.54) is 0 Å². The highest BCUT2D eigenvalue weighted by atomic mass is 16.5. The third-order valence-corrected chi connectivity index (χ3v) is 5.99. The number of aryl methyl sites for hydroxylation is 1. The monoisotopic (exact) mass is 388 g/mol. The first-order valence-corrected chi connectivity index (χ1v) is 9.92. The number of aliphatic hydroxyl groups excluding tert-OH is 1. The molecule has 4 heterocycles. The Morgan fingerprint density at radius 3 is 2.89 bits per heavy atom. The molecule has 2 saturated heterocycles. The number of likely N-dealkylation sites (tertiary alicyclic amines) is 1. The van der Waals surface area contributed by atoms with E-state index in [2.05, 4.69) is 19.9 Å². The second-order valence-corrected chi connectivity index (χ2v) is 7.99. The summed E-state index contributed by atoms with van der Waals surface area (Å²) in [6.45, 7) is 5.30. The van der Waals surface area contributed by atoms with Gasteiger partial charge in [0.1, 0.15) is 12.1 Å². The van der Waals surface area contributed by atoms with Gasteiger partial charge in [0.2, 0.25) is 11.9 Å². The van der Waals surface area contributed by atoms with Crippen LogP contribution in [0.1, 0.15) is 26.2 Å². The fraction of sp³-hybridized carbons (Fsp3) is 0.684. The molecule has 9 heteroatoms. The zero-order valence-electron chi connectivity index (χ0n) is 16.5. The molecule has 1 N–H and O–H groups in total. The highest BCUT2D eigenvalue weighted by Crippen LogP contribution is 2.40. The molecule has 0 bridgehead atoms. The SMILES string of the molecule is CCOCC(=O)N1CCC2(CC1)CC(O)CN(c1ncc3c(ncn3C)n1)C2. The Labute approximate surface area is 164 Å². The molecule has 1 unspecified atom stereocenters. The van der Waals surface area contributed by atoms with Gasteiger partial charge in [-0.1, -0.05) is 0 Å². The van der Waals surface area contributed by atoms with Crippen molar-refractivity contribution in [3.63, 3.8) is 0 Å². The molecule has 1 spiro atoms. The Kier molecular flexibility index (Phi) is 5.20. The second-order valence-electron chi connectivity index (χ2n) is 7.99. The molecule has 2 aromatic rings. The smallest absolute Gasteiger partial charge is 0.248 e. The number of carbonyl (C=O) groups excluding carboxylic acids is 1. The lowest BCUT2D eigenvalue weighted by Gasteiger charge is -2.49. The molecule has 1 atom stereocenters. The number of β-amino-alcohol motifs (C(OH)–C–C–N with tert-alkyl or cyclic N) is 1. The molecule has 2 aromatic heterocycles. The largest absolute Gasteiger partial charge is 0.391 e. The van der Waals surface area contributed by atoms with E-state index in [-0.39, 0.29) is 17.9 Å². The molecule has 2 aliphatic heterocycles. The summed E-state index contributed by atoms with van der Waals surface area (Å²) >= 11 is 0. The van der Waals surface area contributed by atoms with Crippen LogP contribution in [0.25, 0.3) is 11.2 Å². The lowest BCUT2D eigenvalue weighted by molar-refractivity contribution is -0.138. The minimum atomic E-state index is -0.428. The second kappa shape index (κ2) is 7.63. The molecule has 0 saturated carbocycles. The molecule has 0 aromatic carbocycles. The van der Waals surface area contributed by atoms with Crippen molar-refractivity contribution >= 4 is 23.0 Å². The molecule has 2 aliphatic rings. The van der Waals surface area contributed by atoms with Crippen LogP contribution in [0, 0.1) is 5.41 Å². The molecule has 0 radical (unpaired) electrons. The van der Waals surface area contributed by atoms with Gasteiger partial charge in [-0.2, -0.15) is 4.98 Å². The van der Waals surface area contributed by atoms with E-state index in [4.69, 9.17) is 4.74 Å². The van der Waals surface area contributed by atoms with Crippen molar-refractivity contribution in [3.8, 4) is 0 Å². The topological polar surface area (TPSA) is 96.6 Å². The van der Waals surface area contributed by atoms with Gasteiger partial charge in [-0.05, 0) is 31.6 Å². The lowest BCUT2D eigenvalue weighted by atomic mass is 9.71. The molecule has 1 amide bonds. The number of ether oxygens (including phenoxy) is 1. The van der Waals surface area contributed by atoms with Crippen LogP contribution in [0.2, 0.25) is 0 Å². The molecule has 9 nitrogen and oxygen atoms in total. The average Bonchev–Trinajstić information content (AvgIpc) is 3.06. The Bertz CT molecular complexity index is 845. The van der Waals surface area contributed by atoms with E-state index >= 15 is 0 Å². The van der Waals surface area contributed by atoms with Gasteiger partial charge in [0.15, 0.2) is 5.65 Å². The van der Waals surface area contributed by atoms with Gasteiger partial charge in [0.25, 0.3) is 0 Å². The number of imidazole rings is 1. The number of aromatic nitrogens is 4. The summed E-state index contributed by atoms with van der Waals surface area (Å²) in [5.41, 5.74) is 1.53. The molecular formula is C19H28N6O3. The molecule has 28 heavy (non-hydrogen) atoms. The minimum absolute atomic E-state index is 0.0253. The van der Waals surface area contributed by atoms with Gasteiger partial charge >= 0.3 is 0 Å². The first-order valence-electron chi connectivity index (χ1n) is 9.92. The summed E-state index contributed by atoms with van der Waals surface area (Å²) in [5, 5.41) is 10.5. The Hall–Kier alpha value is -2.26.